The zero-order valence-electron chi connectivity index (χ0n) is 13.4. The average molecular weight is 365 g/mol. The third-order valence-electron chi connectivity index (χ3n) is 1.77. The van der Waals surface area contributed by atoms with Crippen LogP contribution in [0.5, 0.6) is 0 Å². The second kappa shape index (κ2) is 29.1. The molecular formula is C17H15CrNO5. The van der Waals surface area contributed by atoms with Gasteiger partial charge in [0.2, 0.25) is 0 Å². The Balaban J connectivity index is -0.000000103. The minimum atomic E-state index is 0.102. The summed E-state index contributed by atoms with van der Waals surface area (Å²) < 4.78 is 38.5. The molecule has 7 heteroatoms. The molecule has 0 aliphatic heterocycles. The molecule has 0 amide bonds. The number of hydrogen-bond acceptors (Lipinski definition) is 1. The van der Waals surface area contributed by atoms with E-state index in [2.05, 4.69) is 74.9 Å². The SMILES string of the molecule is CC(C)(C)[C](=[Cr])N=Cc1ccccc1.[C-]#[O+].[C-]#[O+].[C-]#[O+].[C-]#[O+].[C-]#[O+]. The standard InChI is InChI=1S/C12H15N.5CO.Cr/c1-12(2,3)10-13-9-11-7-5-4-6-8-11;5*1-2;/h4-9H,1-3H3;;;;;;. The van der Waals surface area contributed by atoms with Gasteiger partial charge >= 0.3 is 150 Å². The van der Waals surface area contributed by atoms with Gasteiger partial charge in [0.05, 0.1) is 0 Å². The molecule has 0 atom stereocenters. The molecule has 0 saturated heterocycles. The summed E-state index contributed by atoms with van der Waals surface area (Å²) in [5.74, 6) is 0. The quantitative estimate of drug-likeness (QED) is 0.436. The molecule has 0 fully saturated rings. The maximum absolute atomic E-state index is 7.50. The van der Waals surface area contributed by atoms with E-state index in [1.807, 2.05) is 36.5 Å². The van der Waals surface area contributed by atoms with Crippen LogP contribution in [0.3, 0.4) is 0 Å². The van der Waals surface area contributed by atoms with Crippen molar-refractivity contribution >= 4 is 10.7 Å². The monoisotopic (exact) mass is 365 g/mol. The van der Waals surface area contributed by atoms with Gasteiger partial charge in [-0.25, -0.2) is 0 Å². The van der Waals surface area contributed by atoms with Crippen molar-refractivity contribution in [2.45, 2.75) is 20.8 Å². The van der Waals surface area contributed by atoms with Crippen LogP contribution in [0.1, 0.15) is 26.3 Å². The van der Waals surface area contributed by atoms with E-state index in [0.717, 1.165) is 10.1 Å². The van der Waals surface area contributed by atoms with Crippen molar-refractivity contribution < 1.29 is 39.1 Å². The van der Waals surface area contributed by atoms with Gasteiger partial charge in [-0.2, -0.15) is 0 Å². The van der Waals surface area contributed by atoms with Crippen LogP contribution in [0.25, 0.3) is 0 Å². The van der Waals surface area contributed by atoms with Crippen LogP contribution in [0.15, 0.2) is 35.3 Å². The van der Waals surface area contributed by atoms with Crippen LogP contribution in [0.2, 0.25) is 0 Å². The van der Waals surface area contributed by atoms with Crippen LogP contribution >= 0.6 is 0 Å². The normalized spacial score (nSPS) is 7.38. The topological polar surface area (TPSA) is 112 Å². The van der Waals surface area contributed by atoms with Gasteiger partial charge in [0.15, 0.2) is 0 Å². The predicted octanol–water partition coefficient (Wildman–Crippen LogP) is 2.64. The Morgan fingerprint density at radius 2 is 1.17 bits per heavy atom. The van der Waals surface area contributed by atoms with Crippen molar-refractivity contribution in [3.63, 3.8) is 0 Å². The number of benzene rings is 1. The summed E-state index contributed by atoms with van der Waals surface area (Å²) in [6.07, 6.45) is 1.89. The van der Waals surface area contributed by atoms with Gasteiger partial charge in [-0.1, -0.05) is 0 Å². The van der Waals surface area contributed by atoms with Gasteiger partial charge in [-0.15, -0.1) is 0 Å². The fraction of sp³-hybridized carbons (Fsp3) is 0.235. The first-order chi connectivity index (χ1) is 11.5. The molecule has 0 aromatic heterocycles. The van der Waals surface area contributed by atoms with Gasteiger partial charge in [0.25, 0.3) is 0 Å². The summed E-state index contributed by atoms with van der Waals surface area (Å²) in [7, 11) is 0. The van der Waals surface area contributed by atoms with Crippen LogP contribution in [0, 0.1) is 38.7 Å². The Hall–Kier alpha value is -2.01. The van der Waals surface area contributed by atoms with Crippen molar-refractivity contribution in [1.82, 2.24) is 0 Å². The average Bonchev–Trinajstić information content (AvgIpc) is 2.68. The van der Waals surface area contributed by atoms with Crippen molar-refractivity contribution in [3.05, 3.63) is 69.1 Å². The van der Waals surface area contributed by atoms with Gasteiger partial charge in [0.1, 0.15) is 0 Å². The molecule has 0 aliphatic rings. The molecule has 0 radical (unpaired) electrons. The van der Waals surface area contributed by atoms with Crippen LogP contribution < -0.4 is 0 Å². The fourth-order valence-electron chi connectivity index (χ4n) is 0.866. The molecule has 1 aromatic rings. The zero-order chi connectivity index (χ0) is 20.6. The molecule has 0 bridgehead atoms. The van der Waals surface area contributed by atoms with E-state index in [1.165, 1.54) is 0 Å². The molecule has 0 aliphatic carbocycles. The first kappa shape index (κ1) is 33.6. The molecule has 0 spiro atoms. The number of aliphatic imine (C=N–C) groups is 1. The number of rotatable bonds is 2. The fourth-order valence-corrected chi connectivity index (χ4v) is 0.948. The van der Waals surface area contributed by atoms with E-state index in [-0.39, 0.29) is 5.41 Å². The second-order valence-electron chi connectivity index (χ2n) is 4.22. The first-order valence-corrected chi connectivity index (χ1v) is 6.29. The zero-order valence-corrected chi connectivity index (χ0v) is 14.6. The van der Waals surface area contributed by atoms with Gasteiger partial charge in [0, 0.05) is 0 Å². The molecule has 0 saturated carbocycles. The van der Waals surface area contributed by atoms with Crippen LogP contribution in [-0.4, -0.2) is 10.7 Å². The van der Waals surface area contributed by atoms with Gasteiger partial charge in [-0.3, -0.25) is 0 Å². The first-order valence-electron chi connectivity index (χ1n) is 5.66. The summed E-state index contributed by atoms with van der Waals surface area (Å²) in [5, 5.41) is 0. The van der Waals surface area contributed by atoms with Crippen molar-refractivity contribution in [2.24, 2.45) is 10.4 Å². The molecule has 0 heterocycles. The third-order valence-corrected chi connectivity index (χ3v) is 2.89. The van der Waals surface area contributed by atoms with Crippen molar-refractivity contribution in [3.8, 4) is 0 Å². The summed E-state index contributed by atoms with van der Waals surface area (Å²) in [4.78, 5) is 4.40. The maximum atomic E-state index is 7.50. The van der Waals surface area contributed by atoms with E-state index in [1.54, 1.807) is 0 Å². The Morgan fingerprint density at radius 1 is 0.833 bits per heavy atom. The summed E-state index contributed by atoms with van der Waals surface area (Å²) >= 11 is 3.01. The molecule has 1 rings (SSSR count). The van der Waals surface area contributed by atoms with E-state index in [0.29, 0.717) is 0 Å². The molecule has 124 valence electrons. The molecular weight excluding hydrogens is 350 g/mol. The summed E-state index contributed by atoms with van der Waals surface area (Å²) in [5.41, 5.74) is 1.23. The van der Waals surface area contributed by atoms with Crippen LogP contribution in [0.4, 0.5) is 0 Å². The molecule has 0 unspecified atom stereocenters. The van der Waals surface area contributed by atoms with E-state index < -0.39 is 0 Å². The Kier molecular flexibility index (Phi) is 40.6. The summed E-state index contributed by atoms with van der Waals surface area (Å²) in [6, 6.07) is 10.1. The van der Waals surface area contributed by atoms with Gasteiger partial charge in [-0.05, 0) is 0 Å². The number of nitrogens with zero attached hydrogens (tertiary/aromatic N) is 1. The van der Waals surface area contributed by atoms with Crippen LogP contribution in [-0.2, 0) is 39.1 Å². The summed E-state index contributed by atoms with van der Waals surface area (Å²) in [6.45, 7) is 28.9. The minimum absolute atomic E-state index is 0.102. The Bertz CT molecular complexity index is 499. The molecule has 0 N–H and O–H groups in total. The van der Waals surface area contributed by atoms with Crippen molar-refractivity contribution in [2.75, 3.05) is 0 Å². The van der Waals surface area contributed by atoms with E-state index >= 15 is 0 Å². The third kappa shape index (κ3) is 25.0. The second-order valence-corrected chi connectivity index (χ2v) is 4.83. The van der Waals surface area contributed by atoms with Gasteiger partial charge < -0.3 is 0 Å². The Labute approximate surface area is 150 Å². The molecule has 24 heavy (non-hydrogen) atoms. The van der Waals surface area contributed by atoms with E-state index in [9.17, 15) is 0 Å². The van der Waals surface area contributed by atoms with E-state index in [4.69, 9.17) is 23.3 Å². The van der Waals surface area contributed by atoms with Crippen molar-refractivity contribution in [1.29, 1.82) is 0 Å². The Morgan fingerprint density at radius 3 is 1.46 bits per heavy atom. The molecule has 6 nitrogen and oxygen atoms in total. The molecule has 1 aromatic carbocycles. The number of hydrogen-bond donors (Lipinski definition) is 0. The predicted molar refractivity (Wildman–Crippen MR) is 78.1 cm³/mol.